The normalized spacial score (nSPS) is 10.2. The van der Waals surface area contributed by atoms with Gasteiger partial charge in [0.25, 0.3) is 0 Å². The van der Waals surface area contributed by atoms with Gasteiger partial charge in [0.15, 0.2) is 11.5 Å². The van der Waals surface area contributed by atoms with Gasteiger partial charge in [0, 0.05) is 16.9 Å². The monoisotopic (exact) mass is 302 g/mol. The van der Waals surface area contributed by atoms with E-state index in [9.17, 15) is 4.79 Å². The molecule has 0 aliphatic rings. The second-order valence-electron chi connectivity index (χ2n) is 4.48. The summed E-state index contributed by atoms with van der Waals surface area (Å²) < 4.78 is 11.0. The average molecular weight is 302 g/mol. The fourth-order valence-electron chi connectivity index (χ4n) is 1.99. The molecule has 0 spiro atoms. The van der Waals surface area contributed by atoms with E-state index in [1.165, 1.54) is 10.5 Å². The van der Waals surface area contributed by atoms with Crippen LogP contribution in [0, 0.1) is 0 Å². The molecular weight excluding hydrogens is 284 g/mol. The number of aldehydes is 1. The minimum absolute atomic E-state index is 0.538. The van der Waals surface area contributed by atoms with Crippen molar-refractivity contribution in [1.29, 1.82) is 0 Å². The van der Waals surface area contributed by atoms with Gasteiger partial charge in [-0.25, -0.2) is 0 Å². The highest BCUT2D eigenvalue weighted by atomic mass is 32.2. The van der Waals surface area contributed by atoms with Crippen molar-refractivity contribution >= 4 is 18.0 Å². The first-order valence-corrected chi connectivity index (χ1v) is 7.88. The van der Waals surface area contributed by atoms with E-state index in [-0.39, 0.29) is 0 Å². The van der Waals surface area contributed by atoms with Crippen LogP contribution in [-0.4, -0.2) is 26.3 Å². The van der Waals surface area contributed by atoms with Crippen LogP contribution in [0.25, 0.3) is 0 Å². The molecule has 0 unspecified atom stereocenters. The van der Waals surface area contributed by atoms with Crippen LogP contribution in [0.4, 0.5) is 0 Å². The molecule has 3 nitrogen and oxygen atoms in total. The first-order chi connectivity index (χ1) is 10.3. The summed E-state index contributed by atoms with van der Waals surface area (Å²) >= 11 is 1.72. The van der Waals surface area contributed by atoms with E-state index in [0.717, 1.165) is 12.7 Å². The second-order valence-corrected chi connectivity index (χ2v) is 5.36. The molecule has 0 aliphatic heterocycles. The van der Waals surface area contributed by atoms with Gasteiger partial charge in [-0.3, -0.25) is 4.79 Å². The molecule has 2 aromatic carbocycles. The maximum absolute atomic E-state index is 10.8. The smallest absolute Gasteiger partial charge is 0.161 e. The van der Waals surface area contributed by atoms with E-state index >= 15 is 0 Å². The van der Waals surface area contributed by atoms with Crippen LogP contribution in [-0.2, 0) is 6.42 Å². The van der Waals surface area contributed by atoms with Crippen molar-refractivity contribution in [1.82, 2.24) is 0 Å². The molecule has 0 saturated carbocycles. The van der Waals surface area contributed by atoms with Gasteiger partial charge in [0.1, 0.15) is 6.29 Å². The molecule has 0 saturated heterocycles. The third-order valence-corrected chi connectivity index (χ3v) is 3.83. The van der Waals surface area contributed by atoms with Crippen molar-refractivity contribution in [3.63, 3.8) is 0 Å². The molecule has 0 radical (unpaired) electrons. The SMILES string of the molecule is COc1ccc(C=O)cc1OCCc1cccc(SC)c1. The van der Waals surface area contributed by atoms with Crippen molar-refractivity contribution < 1.29 is 14.3 Å². The van der Waals surface area contributed by atoms with Crippen LogP contribution >= 0.6 is 11.8 Å². The Morgan fingerprint density at radius 1 is 1.14 bits per heavy atom. The Bertz CT molecular complexity index is 611. The lowest BCUT2D eigenvalue weighted by Crippen LogP contribution is -2.03. The van der Waals surface area contributed by atoms with E-state index in [1.807, 2.05) is 0 Å². The van der Waals surface area contributed by atoms with Gasteiger partial charge in [0.2, 0.25) is 0 Å². The van der Waals surface area contributed by atoms with Crippen LogP contribution in [0.2, 0.25) is 0 Å². The molecule has 0 N–H and O–H groups in total. The topological polar surface area (TPSA) is 35.5 Å². The number of benzene rings is 2. The predicted molar refractivity (Wildman–Crippen MR) is 85.8 cm³/mol. The highest BCUT2D eigenvalue weighted by Crippen LogP contribution is 2.27. The lowest BCUT2D eigenvalue weighted by molar-refractivity contribution is 0.112. The molecule has 0 heterocycles. The predicted octanol–water partition coefficient (Wildman–Crippen LogP) is 3.85. The van der Waals surface area contributed by atoms with E-state index in [2.05, 4.69) is 30.5 Å². The Labute approximate surface area is 129 Å². The molecular formula is C17H18O3S. The summed E-state index contributed by atoms with van der Waals surface area (Å²) in [7, 11) is 1.59. The summed E-state index contributed by atoms with van der Waals surface area (Å²) in [6, 6.07) is 13.5. The van der Waals surface area contributed by atoms with Crippen LogP contribution in [0.3, 0.4) is 0 Å². The zero-order valence-corrected chi connectivity index (χ0v) is 13.0. The minimum Gasteiger partial charge on any atom is -0.493 e. The number of thioether (sulfide) groups is 1. The van der Waals surface area contributed by atoms with Crippen molar-refractivity contribution in [2.75, 3.05) is 20.0 Å². The third kappa shape index (κ3) is 4.26. The molecule has 4 heteroatoms. The maximum atomic E-state index is 10.8. The van der Waals surface area contributed by atoms with Crippen molar-refractivity contribution in [3.8, 4) is 11.5 Å². The van der Waals surface area contributed by atoms with Gasteiger partial charge >= 0.3 is 0 Å². The first kappa shape index (κ1) is 15.4. The van der Waals surface area contributed by atoms with Gasteiger partial charge in [0.05, 0.1) is 13.7 Å². The maximum Gasteiger partial charge on any atom is 0.161 e. The Morgan fingerprint density at radius 3 is 2.71 bits per heavy atom. The molecule has 0 aromatic heterocycles. The summed E-state index contributed by atoms with van der Waals surface area (Å²) in [4.78, 5) is 12.1. The van der Waals surface area contributed by atoms with Gasteiger partial charge in [-0.2, -0.15) is 0 Å². The summed E-state index contributed by atoms with van der Waals surface area (Å²) in [5.74, 6) is 1.24. The van der Waals surface area contributed by atoms with E-state index in [4.69, 9.17) is 9.47 Å². The van der Waals surface area contributed by atoms with Crippen LogP contribution < -0.4 is 9.47 Å². The average Bonchev–Trinajstić information content (AvgIpc) is 2.55. The number of rotatable bonds is 7. The molecule has 2 rings (SSSR count). The van der Waals surface area contributed by atoms with Gasteiger partial charge in [-0.15, -0.1) is 11.8 Å². The fourth-order valence-corrected chi connectivity index (χ4v) is 2.47. The minimum atomic E-state index is 0.538. The standard InChI is InChI=1S/C17H18O3S/c1-19-16-7-6-14(12-18)11-17(16)20-9-8-13-4-3-5-15(10-13)21-2/h3-7,10-12H,8-9H2,1-2H3. The lowest BCUT2D eigenvalue weighted by Gasteiger charge is -2.11. The first-order valence-electron chi connectivity index (χ1n) is 6.65. The summed E-state index contributed by atoms with van der Waals surface area (Å²) in [5, 5.41) is 0. The largest absolute Gasteiger partial charge is 0.493 e. The summed E-state index contributed by atoms with van der Waals surface area (Å²) in [5.41, 5.74) is 1.81. The number of carbonyl (C=O) groups is 1. The highest BCUT2D eigenvalue weighted by Gasteiger charge is 2.06. The van der Waals surface area contributed by atoms with Gasteiger partial charge < -0.3 is 9.47 Å². The summed E-state index contributed by atoms with van der Waals surface area (Å²) in [6.07, 6.45) is 3.67. The van der Waals surface area contributed by atoms with E-state index < -0.39 is 0 Å². The second kappa shape index (κ2) is 7.74. The molecule has 21 heavy (non-hydrogen) atoms. The van der Waals surface area contributed by atoms with E-state index in [1.54, 1.807) is 37.1 Å². The summed E-state index contributed by atoms with van der Waals surface area (Å²) in [6.45, 7) is 0.538. The number of methoxy groups -OCH3 is 1. The van der Waals surface area contributed by atoms with Crippen LogP contribution in [0.5, 0.6) is 11.5 Å². The third-order valence-electron chi connectivity index (χ3n) is 3.11. The number of carbonyl (C=O) groups excluding carboxylic acids is 1. The zero-order chi connectivity index (χ0) is 15.1. The van der Waals surface area contributed by atoms with Crippen LogP contribution in [0.15, 0.2) is 47.4 Å². The van der Waals surface area contributed by atoms with Crippen LogP contribution in [0.1, 0.15) is 15.9 Å². The van der Waals surface area contributed by atoms with Crippen molar-refractivity contribution in [2.24, 2.45) is 0 Å². The molecule has 0 aliphatic carbocycles. The Kier molecular flexibility index (Phi) is 5.69. The fraction of sp³-hybridized carbons (Fsp3) is 0.235. The van der Waals surface area contributed by atoms with Gasteiger partial charge in [-0.1, -0.05) is 12.1 Å². The quantitative estimate of drug-likeness (QED) is 0.575. The van der Waals surface area contributed by atoms with Crippen molar-refractivity contribution in [3.05, 3.63) is 53.6 Å². The zero-order valence-electron chi connectivity index (χ0n) is 12.2. The highest BCUT2D eigenvalue weighted by molar-refractivity contribution is 7.98. The Morgan fingerprint density at radius 2 is 2.00 bits per heavy atom. The number of ether oxygens (including phenoxy) is 2. The number of hydrogen-bond acceptors (Lipinski definition) is 4. The molecule has 0 amide bonds. The Balaban J connectivity index is 2.00. The molecule has 0 bridgehead atoms. The van der Waals surface area contributed by atoms with E-state index in [0.29, 0.717) is 23.7 Å². The molecule has 0 fully saturated rings. The Hall–Kier alpha value is -1.94. The van der Waals surface area contributed by atoms with Gasteiger partial charge in [-0.05, 0) is 42.2 Å². The number of hydrogen-bond donors (Lipinski definition) is 0. The lowest BCUT2D eigenvalue weighted by atomic mass is 10.1. The van der Waals surface area contributed by atoms with Crippen molar-refractivity contribution in [2.45, 2.75) is 11.3 Å². The molecule has 2 aromatic rings. The molecule has 110 valence electrons. The molecule has 0 atom stereocenters.